The van der Waals surface area contributed by atoms with Crippen LogP contribution in [0.5, 0.6) is 0 Å². The van der Waals surface area contributed by atoms with Gasteiger partial charge in [-0.2, -0.15) is 0 Å². The molecule has 1 aliphatic carbocycles. The SMILES string of the molecule is CC(CN)C(=O)N1CCN(CC(=O)N(C)C2CCCCC2)CC1.Cl.Cl. The van der Waals surface area contributed by atoms with Crippen LogP contribution in [-0.2, 0) is 9.59 Å². The van der Waals surface area contributed by atoms with Gasteiger partial charge < -0.3 is 15.5 Å². The first-order chi connectivity index (χ1) is 11.0. The fourth-order valence-electron chi connectivity index (χ4n) is 3.51. The van der Waals surface area contributed by atoms with Crippen molar-refractivity contribution in [2.45, 2.75) is 45.1 Å². The molecule has 1 unspecified atom stereocenters. The van der Waals surface area contributed by atoms with Crippen molar-refractivity contribution in [1.29, 1.82) is 0 Å². The third kappa shape index (κ3) is 6.93. The van der Waals surface area contributed by atoms with Crippen LogP contribution in [0.2, 0.25) is 0 Å². The van der Waals surface area contributed by atoms with E-state index in [4.69, 9.17) is 5.73 Å². The summed E-state index contributed by atoms with van der Waals surface area (Å²) in [5.41, 5.74) is 5.57. The van der Waals surface area contributed by atoms with E-state index in [1.165, 1.54) is 19.3 Å². The Morgan fingerprint density at radius 3 is 2.16 bits per heavy atom. The lowest BCUT2D eigenvalue weighted by atomic mass is 9.94. The zero-order valence-corrected chi connectivity index (χ0v) is 17.1. The molecule has 2 amide bonds. The van der Waals surface area contributed by atoms with Crippen LogP contribution in [0.1, 0.15) is 39.0 Å². The molecule has 2 N–H and O–H groups in total. The number of hydrogen-bond donors (Lipinski definition) is 1. The first kappa shape index (κ1) is 24.4. The molecule has 2 rings (SSSR count). The second-order valence-corrected chi connectivity index (χ2v) is 7.03. The van der Waals surface area contributed by atoms with Gasteiger partial charge >= 0.3 is 0 Å². The van der Waals surface area contributed by atoms with Crippen LogP contribution in [-0.4, -0.2) is 78.9 Å². The molecule has 25 heavy (non-hydrogen) atoms. The largest absolute Gasteiger partial charge is 0.342 e. The van der Waals surface area contributed by atoms with Gasteiger partial charge in [-0.1, -0.05) is 26.2 Å². The molecule has 1 saturated heterocycles. The highest BCUT2D eigenvalue weighted by Crippen LogP contribution is 2.21. The summed E-state index contributed by atoms with van der Waals surface area (Å²) in [5.74, 6) is 0.241. The van der Waals surface area contributed by atoms with Crippen LogP contribution >= 0.6 is 24.8 Å². The van der Waals surface area contributed by atoms with Crippen LogP contribution < -0.4 is 5.73 Å². The minimum atomic E-state index is -0.111. The summed E-state index contributed by atoms with van der Waals surface area (Å²) in [5, 5.41) is 0. The first-order valence-electron chi connectivity index (χ1n) is 8.99. The van der Waals surface area contributed by atoms with Crippen LogP contribution in [0.4, 0.5) is 0 Å². The number of rotatable bonds is 5. The van der Waals surface area contributed by atoms with E-state index in [0.29, 0.717) is 32.2 Å². The maximum atomic E-state index is 12.5. The average molecular weight is 397 g/mol. The van der Waals surface area contributed by atoms with Gasteiger partial charge in [0.1, 0.15) is 0 Å². The van der Waals surface area contributed by atoms with E-state index in [-0.39, 0.29) is 42.5 Å². The summed E-state index contributed by atoms with van der Waals surface area (Å²) in [7, 11) is 1.95. The molecular weight excluding hydrogens is 363 g/mol. The second kappa shape index (κ2) is 11.9. The number of likely N-dealkylation sites (N-methyl/N-ethyl adjacent to an activating group) is 1. The van der Waals surface area contributed by atoms with Crippen LogP contribution in [0, 0.1) is 5.92 Å². The van der Waals surface area contributed by atoms with E-state index in [9.17, 15) is 9.59 Å². The molecule has 0 spiro atoms. The van der Waals surface area contributed by atoms with Gasteiger partial charge in [-0.3, -0.25) is 14.5 Å². The molecule has 148 valence electrons. The lowest BCUT2D eigenvalue weighted by Crippen LogP contribution is -2.53. The predicted octanol–water partition coefficient (Wildman–Crippen LogP) is 1.36. The highest BCUT2D eigenvalue weighted by Gasteiger charge is 2.27. The van der Waals surface area contributed by atoms with Gasteiger partial charge in [-0.15, -0.1) is 24.8 Å². The number of nitrogens with two attached hydrogens (primary N) is 1. The van der Waals surface area contributed by atoms with E-state index in [1.807, 2.05) is 23.8 Å². The van der Waals surface area contributed by atoms with Gasteiger partial charge in [0.25, 0.3) is 0 Å². The number of carbonyl (C=O) groups is 2. The molecule has 2 aliphatic rings. The van der Waals surface area contributed by atoms with E-state index < -0.39 is 0 Å². The van der Waals surface area contributed by atoms with E-state index in [1.54, 1.807) is 0 Å². The van der Waals surface area contributed by atoms with Gasteiger partial charge in [0, 0.05) is 51.7 Å². The van der Waals surface area contributed by atoms with Crippen molar-refractivity contribution in [3.63, 3.8) is 0 Å². The Kier molecular flexibility index (Phi) is 11.7. The summed E-state index contributed by atoms with van der Waals surface area (Å²) >= 11 is 0. The lowest BCUT2D eigenvalue weighted by molar-refractivity contribution is -0.137. The van der Waals surface area contributed by atoms with Crippen molar-refractivity contribution >= 4 is 36.6 Å². The molecule has 1 atom stereocenters. The van der Waals surface area contributed by atoms with Gasteiger partial charge in [0.15, 0.2) is 0 Å². The van der Waals surface area contributed by atoms with Crippen molar-refractivity contribution < 1.29 is 9.59 Å². The average Bonchev–Trinajstić information content (AvgIpc) is 2.61. The molecule has 0 radical (unpaired) electrons. The zero-order valence-electron chi connectivity index (χ0n) is 15.5. The molecule has 2 fully saturated rings. The summed E-state index contributed by atoms with van der Waals surface area (Å²) in [6, 6.07) is 0.421. The molecule has 8 heteroatoms. The smallest absolute Gasteiger partial charge is 0.236 e. The van der Waals surface area contributed by atoms with Gasteiger partial charge in [0.2, 0.25) is 11.8 Å². The molecule has 0 bridgehead atoms. The summed E-state index contributed by atoms with van der Waals surface area (Å²) in [6.45, 7) is 5.68. The molecular formula is C17H34Cl2N4O2. The van der Waals surface area contributed by atoms with E-state index in [2.05, 4.69) is 4.90 Å². The van der Waals surface area contributed by atoms with Gasteiger partial charge in [-0.25, -0.2) is 0 Å². The molecule has 0 aromatic carbocycles. The number of amides is 2. The van der Waals surface area contributed by atoms with E-state index >= 15 is 0 Å². The van der Waals surface area contributed by atoms with Crippen molar-refractivity contribution in [2.24, 2.45) is 11.7 Å². The molecule has 1 aliphatic heterocycles. The zero-order chi connectivity index (χ0) is 16.8. The fraction of sp³-hybridized carbons (Fsp3) is 0.882. The minimum Gasteiger partial charge on any atom is -0.342 e. The summed E-state index contributed by atoms with van der Waals surface area (Å²) in [6.07, 6.45) is 6.06. The number of carbonyl (C=O) groups excluding carboxylic acids is 2. The maximum Gasteiger partial charge on any atom is 0.236 e. The minimum absolute atomic E-state index is 0. The Hall–Kier alpha value is -0.560. The van der Waals surface area contributed by atoms with Crippen LogP contribution in [0.3, 0.4) is 0 Å². The Bertz CT molecular complexity index is 411. The van der Waals surface area contributed by atoms with Crippen molar-refractivity contribution in [3.8, 4) is 0 Å². The maximum absolute atomic E-state index is 12.5. The highest BCUT2D eigenvalue weighted by molar-refractivity contribution is 5.85. The normalized spacial score (nSPS) is 20.2. The monoisotopic (exact) mass is 396 g/mol. The number of halogens is 2. The Labute approximate surface area is 164 Å². The third-order valence-corrected chi connectivity index (χ3v) is 5.33. The Morgan fingerprint density at radius 1 is 1.08 bits per heavy atom. The van der Waals surface area contributed by atoms with Gasteiger partial charge in [0.05, 0.1) is 6.54 Å². The van der Waals surface area contributed by atoms with Crippen molar-refractivity contribution in [2.75, 3.05) is 46.3 Å². The quantitative estimate of drug-likeness (QED) is 0.761. The Morgan fingerprint density at radius 2 is 1.64 bits per heavy atom. The highest BCUT2D eigenvalue weighted by atomic mass is 35.5. The predicted molar refractivity (Wildman–Crippen MR) is 105 cm³/mol. The Balaban J connectivity index is 0.00000288. The third-order valence-electron chi connectivity index (χ3n) is 5.33. The number of nitrogens with zero attached hydrogens (tertiary/aromatic N) is 3. The molecule has 1 saturated carbocycles. The fourth-order valence-corrected chi connectivity index (χ4v) is 3.51. The van der Waals surface area contributed by atoms with Gasteiger partial charge in [-0.05, 0) is 12.8 Å². The van der Waals surface area contributed by atoms with Crippen molar-refractivity contribution in [3.05, 3.63) is 0 Å². The second-order valence-electron chi connectivity index (χ2n) is 7.03. The molecule has 0 aromatic rings. The first-order valence-corrected chi connectivity index (χ1v) is 8.99. The summed E-state index contributed by atoms with van der Waals surface area (Å²) in [4.78, 5) is 30.6. The summed E-state index contributed by atoms with van der Waals surface area (Å²) < 4.78 is 0. The molecule has 6 nitrogen and oxygen atoms in total. The number of piperazine rings is 1. The number of hydrogen-bond acceptors (Lipinski definition) is 4. The van der Waals surface area contributed by atoms with E-state index in [0.717, 1.165) is 25.9 Å². The topological polar surface area (TPSA) is 69.9 Å². The van der Waals surface area contributed by atoms with Crippen LogP contribution in [0.25, 0.3) is 0 Å². The molecule has 0 aromatic heterocycles. The lowest BCUT2D eigenvalue weighted by Gasteiger charge is -2.37. The standard InChI is InChI=1S/C17H32N4O2.2ClH/c1-14(12-18)17(23)21-10-8-20(9-11-21)13-16(22)19(2)15-6-4-3-5-7-15;;/h14-15H,3-13,18H2,1-2H3;2*1H. The van der Waals surface area contributed by atoms with Crippen LogP contribution in [0.15, 0.2) is 0 Å². The molecule has 1 heterocycles. The van der Waals surface area contributed by atoms with Crippen molar-refractivity contribution in [1.82, 2.24) is 14.7 Å².